The third kappa shape index (κ3) is 36.8. The molecule has 13 nitrogen and oxygen atoms in total. The van der Waals surface area contributed by atoms with Crippen molar-refractivity contribution in [3.05, 3.63) is 0 Å². The van der Waals surface area contributed by atoms with Crippen molar-refractivity contribution in [3.63, 3.8) is 0 Å². The van der Waals surface area contributed by atoms with Crippen molar-refractivity contribution < 1.29 is 48.3 Å². The lowest BCUT2D eigenvalue weighted by molar-refractivity contribution is -0.142. The van der Waals surface area contributed by atoms with Crippen molar-refractivity contribution in [1.29, 1.82) is 0 Å². The lowest BCUT2D eigenvalue weighted by Crippen LogP contribution is -2.41. The van der Waals surface area contributed by atoms with Gasteiger partial charge in [-0.2, -0.15) is 0 Å². The zero-order valence-electron chi connectivity index (χ0n) is 30.5. The van der Waals surface area contributed by atoms with Crippen LogP contribution in [0, 0.1) is 0 Å². The fourth-order valence-electron chi connectivity index (χ4n) is 5.04. The average molecular weight is 704 g/mol. The number of hydrogen-bond acceptors (Lipinski definition) is 9. The van der Waals surface area contributed by atoms with Gasteiger partial charge in [0.15, 0.2) is 0 Å². The van der Waals surface area contributed by atoms with Crippen LogP contribution in [0.1, 0.15) is 129 Å². The Labute approximate surface area is 295 Å². The Hall–Kier alpha value is -2.32. The highest BCUT2D eigenvalue weighted by molar-refractivity contribution is 5.84. The summed E-state index contributed by atoms with van der Waals surface area (Å²) in [7, 11) is 0. The van der Waals surface area contributed by atoms with Gasteiger partial charge in [-0.15, -0.1) is 0 Å². The van der Waals surface area contributed by atoms with Crippen LogP contribution < -0.4 is 16.0 Å². The van der Waals surface area contributed by atoms with Gasteiger partial charge in [-0.3, -0.25) is 14.4 Å². The molecule has 288 valence electrons. The number of carboxylic acids is 2. The van der Waals surface area contributed by atoms with E-state index in [-0.39, 0.29) is 37.5 Å². The van der Waals surface area contributed by atoms with Gasteiger partial charge >= 0.3 is 11.9 Å². The molecule has 0 aromatic heterocycles. The molecule has 1 atom stereocenters. The molecule has 0 aliphatic heterocycles. The molecule has 49 heavy (non-hydrogen) atoms. The largest absolute Gasteiger partial charge is 0.481 e. The monoisotopic (exact) mass is 703 g/mol. The van der Waals surface area contributed by atoms with Crippen LogP contribution in [0.2, 0.25) is 0 Å². The number of ether oxygens (including phenoxy) is 4. The number of aliphatic carboxylic acids is 2. The highest BCUT2D eigenvalue weighted by atomic mass is 16.5. The topological polar surface area (TPSA) is 182 Å². The summed E-state index contributed by atoms with van der Waals surface area (Å²) in [6.07, 6.45) is 17.0. The summed E-state index contributed by atoms with van der Waals surface area (Å²) in [5.41, 5.74) is 0. The predicted molar refractivity (Wildman–Crippen MR) is 190 cm³/mol. The van der Waals surface area contributed by atoms with Crippen molar-refractivity contribution in [2.24, 2.45) is 0 Å². The Morgan fingerprint density at radius 1 is 0.510 bits per heavy atom. The van der Waals surface area contributed by atoms with Gasteiger partial charge < -0.3 is 45.1 Å². The molecule has 0 aliphatic rings. The van der Waals surface area contributed by atoms with Crippen LogP contribution in [0.3, 0.4) is 0 Å². The lowest BCUT2D eigenvalue weighted by Gasteiger charge is -2.14. The first-order chi connectivity index (χ1) is 23.9. The Kier molecular flexibility index (Phi) is 35.2. The first-order valence-electron chi connectivity index (χ1n) is 18.9. The van der Waals surface area contributed by atoms with Crippen molar-refractivity contribution in [2.45, 2.75) is 135 Å². The second-order valence-electron chi connectivity index (χ2n) is 12.4. The van der Waals surface area contributed by atoms with E-state index in [1.807, 2.05) is 0 Å². The van der Waals surface area contributed by atoms with Gasteiger partial charge in [-0.1, -0.05) is 84.0 Å². The number of carbonyl (C=O) groups is 4. The molecule has 5 N–H and O–H groups in total. The number of nitrogens with one attached hydrogen (secondary N) is 3. The van der Waals surface area contributed by atoms with Crippen molar-refractivity contribution in [1.82, 2.24) is 16.0 Å². The van der Waals surface area contributed by atoms with E-state index in [0.29, 0.717) is 59.3 Å². The molecule has 0 bridgehead atoms. The van der Waals surface area contributed by atoms with Gasteiger partial charge in [0.2, 0.25) is 11.8 Å². The second kappa shape index (κ2) is 36.9. The van der Waals surface area contributed by atoms with Crippen LogP contribution in [0.15, 0.2) is 0 Å². The van der Waals surface area contributed by atoms with Gasteiger partial charge in [-0.25, -0.2) is 4.79 Å². The summed E-state index contributed by atoms with van der Waals surface area (Å²) in [5.74, 6) is -2.42. The Balaban J connectivity index is 3.59. The Morgan fingerprint density at radius 3 is 1.39 bits per heavy atom. The number of amides is 2. The van der Waals surface area contributed by atoms with E-state index in [1.54, 1.807) is 0 Å². The Morgan fingerprint density at radius 2 is 0.939 bits per heavy atom. The van der Waals surface area contributed by atoms with Crippen molar-refractivity contribution in [2.75, 3.05) is 72.5 Å². The van der Waals surface area contributed by atoms with E-state index < -0.39 is 18.0 Å². The Bertz CT molecular complexity index is 803. The number of carbonyl (C=O) groups excluding carboxylic acids is 2. The smallest absolute Gasteiger partial charge is 0.326 e. The molecular formula is C36H69N3O10. The fraction of sp³-hybridized carbons (Fsp3) is 0.889. The molecule has 0 saturated heterocycles. The molecule has 0 aliphatic carbocycles. The van der Waals surface area contributed by atoms with E-state index in [0.717, 1.165) is 64.5 Å². The van der Waals surface area contributed by atoms with Crippen LogP contribution in [0.25, 0.3) is 0 Å². The summed E-state index contributed by atoms with van der Waals surface area (Å²) >= 11 is 0. The first-order valence-corrected chi connectivity index (χ1v) is 18.9. The quantitative estimate of drug-likeness (QED) is 0.0553. The molecule has 0 rings (SSSR count). The van der Waals surface area contributed by atoms with Crippen molar-refractivity contribution >= 4 is 23.8 Å². The van der Waals surface area contributed by atoms with Gasteiger partial charge in [0.05, 0.1) is 46.2 Å². The molecule has 2 amide bonds. The normalized spacial score (nSPS) is 11.8. The van der Waals surface area contributed by atoms with Crippen molar-refractivity contribution in [3.8, 4) is 0 Å². The number of hydrogen-bond donors (Lipinski definition) is 5. The summed E-state index contributed by atoms with van der Waals surface area (Å²) in [6, 6.07) is -1.09. The third-order valence-electron chi connectivity index (χ3n) is 7.85. The minimum Gasteiger partial charge on any atom is -0.481 e. The summed E-state index contributed by atoms with van der Waals surface area (Å²) in [6.45, 7) is 8.21. The van der Waals surface area contributed by atoms with E-state index in [9.17, 15) is 24.3 Å². The van der Waals surface area contributed by atoms with E-state index in [1.165, 1.54) is 44.9 Å². The van der Waals surface area contributed by atoms with Crippen LogP contribution in [0.4, 0.5) is 0 Å². The zero-order chi connectivity index (χ0) is 36.0. The standard InChI is InChI=1S/C36H69N3O10/c1-2-24-46-28-29-47-25-21-37-22-26-48-30-31-49-27-23-38-33(40)20-19-32(36(44)45)39-34(41)17-15-13-11-9-7-5-3-4-6-8-10-12-14-16-18-35(42)43/h32,37H,2-31H2,1H3,(H,38,40)(H,39,41)(H,42,43)(H,44,45). The van der Waals surface area contributed by atoms with Gasteiger partial charge in [0.1, 0.15) is 6.04 Å². The van der Waals surface area contributed by atoms with Gasteiger partial charge in [0, 0.05) is 45.5 Å². The van der Waals surface area contributed by atoms with E-state index in [4.69, 9.17) is 24.1 Å². The molecule has 0 radical (unpaired) electrons. The minimum atomic E-state index is -1.14. The highest BCUT2D eigenvalue weighted by Gasteiger charge is 2.20. The molecule has 0 heterocycles. The maximum atomic E-state index is 12.3. The zero-order valence-corrected chi connectivity index (χ0v) is 30.5. The third-order valence-corrected chi connectivity index (χ3v) is 7.85. The number of unbranched alkanes of at least 4 members (excludes halogenated alkanes) is 13. The minimum absolute atomic E-state index is 0.000366. The van der Waals surface area contributed by atoms with Crippen LogP contribution in [-0.2, 0) is 38.1 Å². The molecule has 0 aromatic rings. The number of carboxylic acid groups (broad SMARTS) is 2. The molecular weight excluding hydrogens is 634 g/mol. The lowest BCUT2D eigenvalue weighted by atomic mass is 10.0. The molecule has 0 spiro atoms. The summed E-state index contributed by atoms with van der Waals surface area (Å²) in [4.78, 5) is 46.5. The fourth-order valence-corrected chi connectivity index (χ4v) is 5.04. The molecule has 13 heteroatoms. The summed E-state index contributed by atoms with van der Waals surface area (Å²) in [5, 5.41) is 26.6. The van der Waals surface area contributed by atoms with Gasteiger partial charge in [0.25, 0.3) is 0 Å². The molecule has 1 unspecified atom stereocenters. The average Bonchev–Trinajstić information content (AvgIpc) is 3.07. The van der Waals surface area contributed by atoms with Crippen LogP contribution in [0.5, 0.6) is 0 Å². The number of rotatable bonds is 39. The second-order valence-corrected chi connectivity index (χ2v) is 12.4. The van der Waals surface area contributed by atoms with Crippen LogP contribution >= 0.6 is 0 Å². The van der Waals surface area contributed by atoms with E-state index in [2.05, 4.69) is 22.9 Å². The molecule has 0 saturated carbocycles. The first kappa shape index (κ1) is 46.7. The maximum Gasteiger partial charge on any atom is 0.326 e. The molecule has 0 fully saturated rings. The van der Waals surface area contributed by atoms with Gasteiger partial charge in [-0.05, 0) is 25.7 Å². The SMILES string of the molecule is CCCOCCOCCNCCOCCOCCNC(=O)CCC(NC(=O)CCCCCCCCCCCCCCCCC(=O)O)C(=O)O. The summed E-state index contributed by atoms with van der Waals surface area (Å²) < 4.78 is 21.7. The highest BCUT2D eigenvalue weighted by Crippen LogP contribution is 2.14. The van der Waals surface area contributed by atoms with Crippen LogP contribution in [-0.4, -0.2) is 112 Å². The van der Waals surface area contributed by atoms with E-state index >= 15 is 0 Å². The maximum absolute atomic E-state index is 12.3. The predicted octanol–water partition coefficient (Wildman–Crippen LogP) is 4.84. The molecule has 0 aromatic carbocycles.